The first-order valence-corrected chi connectivity index (χ1v) is 10.8. The Morgan fingerprint density at radius 3 is 2.31 bits per heavy atom. The highest BCUT2D eigenvalue weighted by atomic mass is 32.2. The quantitative estimate of drug-likeness (QED) is 0.440. The topological polar surface area (TPSA) is 43.4 Å². The van der Waals surface area contributed by atoms with E-state index in [0.29, 0.717) is 18.3 Å². The molecule has 0 aromatic carbocycles. The fraction of sp³-hybridized carbons (Fsp3) is 0.895. The van der Waals surface area contributed by atoms with Crippen molar-refractivity contribution in [1.29, 1.82) is 0 Å². The lowest BCUT2D eigenvalue weighted by Crippen LogP contribution is -2.55. The Morgan fingerprint density at radius 2 is 1.69 bits per heavy atom. The Hall–Kier alpha value is -0.720. The Balaban J connectivity index is 1.90. The molecule has 0 saturated heterocycles. The first-order valence-electron chi connectivity index (χ1n) is 9.44. The van der Waals surface area contributed by atoms with Crippen molar-refractivity contribution in [3.63, 3.8) is 0 Å². The van der Waals surface area contributed by atoms with Crippen LogP contribution in [-0.2, 0) is 14.3 Å². The van der Waals surface area contributed by atoms with Crippen molar-refractivity contribution < 1.29 is 25.8 Å². The van der Waals surface area contributed by atoms with Gasteiger partial charge in [0.1, 0.15) is 5.76 Å². The van der Waals surface area contributed by atoms with Crippen molar-refractivity contribution in [3.05, 3.63) is 11.8 Å². The monoisotopic (exact) mass is 394 g/mol. The van der Waals surface area contributed by atoms with Crippen LogP contribution in [0.2, 0.25) is 0 Å². The molecule has 3 nitrogen and oxygen atoms in total. The van der Waals surface area contributed by atoms with Crippen molar-refractivity contribution in [1.82, 2.24) is 0 Å². The van der Waals surface area contributed by atoms with Crippen LogP contribution in [0.3, 0.4) is 0 Å². The number of fused-ring (bicyclic) bond motifs is 3. The molecule has 0 amide bonds. The van der Waals surface area contributed by atoms with E-state index in [4.69, 9.17) is 0 Å². The van der Waals surface area contributed by atoms with Gasteiger partial charge < -0.3 is 4.18 Å². The average Bonchev–Trinajstić information content (AvgIpc) is 2.43. The number of allylic oxidation sites excluding steroid dienone is 2. The molecule has 3 aliphatic carbocycles. The highest BCUT2D eigenvalue weighted by Gasteiger charge is 2.59. The number of alkyl halides is 3. The lowest BCUT2D eigenvalue weighted by molar-refractivity contribution is -0.121. The third kappa shape index (κ3) is 3.08. The lowest BCUT2D eigenvalue weighted by Gasteiger charge is -2.63. The third-order valence-electron chi connectivity index (χ3n) is 7.51. The van der Waals surface area contributed by atoms with Gasteiger partial charge in [0.05, 0.1) is 0 Å². The summed E-state index contributed by atoms with van der Waals surface area (Å²) in [6.45, 7) is 9.07. The first-order chi connectivity index (χ1) is 11.7. The van der Waals surface area contributed by atoms with Crippen LogP contribution in [0.25, 0.3) is 0 Å². The minimum Gasteiger partial charge on any atom is -0.381 e. The van der Waals surface area contributed by atoms with Crippen LogP contribution in [0.1, 0.15) is 72.6 Å². The van der Waals surface area contributed by atoms with Gasteiger partial charge in [0.15, 0.2) is 0 Å². The van der Waals surface area contributed by atoms with Crippen LogP contribution in [0.4, 0.5) is 13.2 Å². The largest absolute Gasteiger partial charge is 0.534 e. The summed E-state index contributed by atoms with van der Waals surface area (Å²) in [5.74, 6) is 0.893. The first kappa shape index (κ1) is 20.0. The Bertz CT molecular complexity index is 710. The molecule has 2 saturated carbocycles. The van der Waals surface area contributed by atoms with Crippen molar-refractivity contribution >= 4 is 10.1 Å². The van der Waals surface area contributed by atoms with Crippen LogP contribution in [0.5, 0.6) is 0 Å². The molecule has 0 bridgehead atoms. The van der Waals surface area contributed by atoms with Gasteiger partial charge in [-0.15, -0.1) is 0 Å². The van der Waals surface area contributed by atoms with Gasteiger partial charge >= 0.3 is 15.6 Å². The molecule has 7 heteroatoms. The summed E-state index contributed by atoms with van der Waals surface area (Å²) in [5, 5.41) is 0. The van der Waals surface area contributed by atoms with Crippen molar-refractivity contribution in [2.75, 3.05) is 0 Å². The maximum absolute atomic E-state index is 12.6. The van der Waals surface area contributed by atoms with Crippen LogP contribution in [-0.4, -0.2) is 13.9 Å². The summed E-state index contributed by atoms with van der Waals surface area (Å²) in [4.78, 5) is 0. The van der Waals surface area contributed by atoms with Gasteiger partial charge in [-0.2, -0.15) is 21.6 Å². The van der Waals surface area contributed by atoms with E-state index in [2.05, 4.69) is 31.9 Å². The molecule has 3 aliphatic rings. The molecule has 0 aromatic heterocycles. The van der Waals surface area contributed by atoms with Gasteiger partial charge in [0, 0.05) is 6.42 Å². The number of hydrogen-bond donors (Lipinski definition) is 0. The van der Waals surface area contributed by atoms with E-state index >= 15 is 0 Å². The van der Waals surface area contributed by atoms with E-state index < -0.39 is 15.6 Å². The SMILES string of the molecule is CC1(C)CCC[C@]2(C)[C@H]3CCC(OS(=O)(=O)C(F)(F)F)=C[C@]3(C)CC[C@@H]12. The number of halogens is 3. The molecule has 150 valence electrons. The Morgan fingerprint density at radius 1 is 1.04 bits per heavy atom. The Labute approximate surface area is 154 Å². The minimum atomic E-state index is -5.59. The summed E-state index contributed by atoms with van der Waals surface area (Å²) < 4.78 is 65.2. The fourth-order valence-electron chi connectivity index (χ4n) is 6.50. The summed E-state index contributed by atoms with van der Waals surface area (Å²) in [6.07, 6.45) is 8.01. The molecule has 0 radical (unpaired) electrons. The van der Waals surface area contributed by atoms with E-state index in [1.54, 1.807) is 6.08 Å². The van der Waals surface area contributed by atoms with Gasteiger partial charge in [-0.25, -0.2) is 0 Å². The second-order valence-corrected chi connectivity index (χ2v) is 11.2. The molecule has 0 aromatic rings. The van der Waals surface area contributed by atoms with Crippen molar-refractivity contribution in [2.45, 2.75) is 78.1 Å². The highest BCUT2D eigenvalue weighted by Crippen LogP contribution is 2.66. The third-order valence-corrected chi connectivity index (χ3v) is 8.51. The number of hydrogen-bond acceptors (Lipinski definition) is 3. The second kappa shape index (κ2) is 5.89. The molecule has 3 rings (SSSR count). The van der Waals surface area contributed by atoms with Crippen LogP contribution in [0, 0.1) is 28.1 Å². The molecule has 26 heavy (non-hydrogen) atoms. The zero-order chi connectivity index (χ0) is 19.6. The van der Waals surface area contributed by atoms with E-state index in [-0.39, 0.29) is 28.4 Å². The molecule has 0 N–H and O–H groups in total. The van der Waals surface area contributed by atoms with Crippen molar-refractivity contribution in [3.8, 4) is 0 Å². The highest BCUT2D eigenvalue weighted by molar-refractivity contribution is 7.87. The van der Waals surface area contributed by atoms with Crippen LogP contribution >= 0.6 is 0 Å². The maximum atomic E-state index is 12.6. The van der Waals surface area contributed by atoms with Gasteiger partial charge in [-0.3, -0.25) is 0 Å². The maximum Gasteiger partial charge on any atom is 0.534 e. The zero-order valence-electron chi connectivity index (χ0n) is 15.9. The van der Waals surface area contributed by atoms with Gasteiger partial charge in [0.2, 0.25) is 0 Å². The predicted octanol–water partition coefficient (Wildman–Crippen LogP) is 5.78. The second-order valence-electron chi connectivity index (χ2n) is 9.63. The predicted molar refractivity (Wildman–Crippen MR) is 93.4 cm³/mol. The molecule has 0 aliphatic heterocycles. The molecule has 0 spiro atoms. The van der Waals surface area contributed by atoms with E-state index in [9.17, 15) is 21.6 Å². The average molecular weight is 394 g/mol. The van der Waals surface area contributed by atoms with E-state index in [1.165, 1.54) is 12.8 Å². The summed E-state index contributed by atoms with van der Waals surface area (Å²) in [5.41, 5.74) is -5.29. The Kier molecular flexibility index (Phi) is 4.53. The van der Waals surface area contributed by atoms with Gasteiger partial charge in [0.25, 0.3) is 0 Å². The smallest absolute Gasteiger partial charge is 0.381 e. The van der Waals surface area contributed by atoms with E-state index in [1.807, 2.05) is 0 Å². The molecule has 4 atom stereocenters. The molecule has 2 fully saturated rings. The lowest BCUT2D eigenvalue weighted by atomic mass is 9.42. The fourth-order valence-corrected chi connectivity index (χ4v) is 7.01. The molecular formula is C19H29F3O3S. The molecule has 0 heterocycles. The zero-order valence-corrected chi connectivity index (χ0v) is 16.8. The van der Waals surface area contributed by atoms with E-state index in [0.717, 1.165) is 19.3 Å². The molecule has 0 unspecified atom stereocenters. The summed E-state index contributed by atoms with van der Waals surface area (Å²) in [7, 11) is -5.59. The summed E-state index contributed by atoms with van der Waals surface area (Å²) in [6, 6.07) is 0. The van der Waals surface area contributed by atoms with Crippen LogP contribution in [0.15, 0.2) is 11.8 Å². The number of rotatable bonds is 2. The van der Waals surface area contributed by atoms with Crippen LogP contribution < -0.4 is 0 Å². The van der Waals surface area contributed by atoms with Gasteiger partial charge in [-0.05, 0) is 66.3 Å². The molecular weight excluding hydrogens is 365 g/mol. The standard InChI is InChI=1S/C19H29F3O3S/c1-16(2)9-5-10-18(4)14(16)8-11-17(3)12-13(6-7-15(17)18)25-26(23,24)19(20,21)22/h12,14-15H,5-11H2,1-4H3/t14-,15-,17-,18-/m0/s1. The minimum absolute atomic E-state index is 0.0433. The van der Waals surface area contributed by atoms with Crippen molar-refractivity contribution in [2.24, 2.45) is 28.1 Å². The van der Waals surface area contributed by atoms with Gasteiger partial charge in [-0.1, -0.05) is 34.1 Å². The summed E-state index contributed by atoms with van der Waals surface area (Å²) >= 11 is 0. The normalized spacial score (nSPS) is 40.2.